The number of hydrogen-bond donors (Lipinski definition) is 3. The lowest BCUT2D eigenvalue weighted by atomic mass is 10.2. The number of halogens is 4. The van der Waals surface area contributed by atoms with Crippen molar-refractivity contribution in [2.24, 2.45) is 0 Å². The van der Waals surface area contributed by atoms with Gasteiger partial charge in [-0.3, -0.25) is 9.36 Å². The summed E-state index contributed by atoms with van der Waals surface area (Å²) in [4.78, 5) is 24.9. The molecular formula is C21H14F4N8O. The molecule has 2 aromatic heterocycles. The van der Waals surface area contributed by atoms with Crippen LogP contribution in [0.15, 0.2) is 35.1 Å². The van der Waals surface area contributed by atoms with Crippen molar-refractivity contribution in [2.75, 3.05) is 23.3 Å². The Bertz CT molecular complexity index is 1530. The number of anilines is 3. The number of rotatable bonds is 5. The van der Waals surface area contributed by atoms with Gasteiger partial charge >= 0.3 is 0 Å². The topological polar surface area (TPSA) is 149 Å². The van der Waals surface area contributed by atoms with E-state index < -0.39 is 28.8 Å². The van der Waals surface area contributed by atoms with Crippen LogP contribution in [0.2, 0.25) is 0 Å². The minimum absolute atomic E-state index is 0.00993. The summed E-state index contributed by atoms with van der Waals surface area (Å²) in [5, 5.41) is 11.8. The van der Waals surface area contributed by atoms with E-state index in [9.17, 15) is 27.6 Å². The Labute approximate surface area is 188 Å². The Morgan fingerprint density at radius 1 is 0.971 bits per heavy atom. The molecule has 172 valence electrons. The molecule has 9 nitrogen and oxygen atoms in total. The molecule has 0 saturated carbocycles. The Morgan fingerprint density at radius 2 is 1.65 bits per heavy atom. The Morgan fingerprint density at radius 3 is 2.32 bits per heavy atom. The molecule has 0 bridgehead atoms. The quantitative estimate of drug-likeness (QED) is 0.377. The van der Waals surface area contributed by atoms with E-state index in [0.717, 1.165) is 22.8 Å². The first-order valence-electron chi connectivity index (χ1n) is 9.62. The first-order valence-corrected chi connectivity index (χ1v) is 9.62. The van der Waals surface area contributed by atoms with Crippen molar-refractivity contribution >= 4 is 28.5 Å². The smallest absolute Gasteiger partial charge is 0.266 e. The molecule has 2 heterocycles. The van der Waals surface area contributed by atoms with Crippen molar-refractivity contribution in [3.05, 3.63) is 75.3 Å². The summed E-state index contributed by atoms with van der Waals surface area (Å²) in [7, 11) is 0. The van der Waals surface area contributed by atoms with Crippen molar-refractivity contribution in [1.82, 2.24) is 19.5 Å². The van der Waals surface area contributed by atoms with Gasteiger partial charge in [-0.05, 0) is 18.2 Å². The second-order valence-electron chi connectivity index (χ2n) is 7.06. The van der Waals surface area contributed by atoms with E-state index in [1.165, 1.54) is 0 Å². The molecule has 0 amide bonds. The summed E-state index contributed by atoms with van der Waals surface area (Å²) in [5.41, 5.74) is 9.93. The molecule has 13 heteroatoms. The van der Waals surface area contributed by atoms with Crippen LogP contribution in [0.1, 0.15) is 11.4 Å². The number of nitrogens with one attached hydrogen (secondary N) is 1. The van der Waals surface area contributed by atoms with E-state index in [1.807, 2.05) is 6.07 Å². The van der Waals surface area contributed by atoms with E-state index in [2.05, 4.69) is 20.3 Å². The van der Waals surface area contributed by atoms with Gasteiger partial charge in [-0.25, -0.2) is 22.5 Å². The number of hydrogen-bond acceptors (Lipinski definition) is 8. The van der Waals surface area contributed by atoms with Gasteiger partial charge in [0, 0.05) is 25.1 Å². The SMILES string of the molecule is N#Cc1c(N)nc(N)nc1NCCc1nc2cc(F)c(F)cc2c(=O)n1-c1cc(F)cc(F)c1. The summed E-state index contributed by atoms with van der Waals surface area (Å²) in [5.74, 6) is -4.76. The van der Waals surface area contributed by atoms with E-state index in [0.29, 0.717) is 12.1 Å². The van der Waals surface area contributed by atoms with Crippen molar-refractivity contribution in [1.29, 1.82) is 5.26 Å². The lowest BCUT2D eigenvalue weighted by Gasteiger charge is -2.15. The van der Waals surface area contributed by atoms with Gasteiger partial charge in [-0.15, -0.1) is 0 Å². The van der Waals surface area contributed by atoms with Gasteiger partial charge in [0.15, 0.2) is 17.5 Å². The lowest BCUT2D eigenvalue weighted by Crippen LogP contribution is -2.26. The fourth-order valence-electron chi connectivity index (χ4n) is 3.36. The van der Waals surface area contributed by atoms with Gasteiger partial charge < -0.3 is 16.8 Å². The van der Waals surface area contributed by atoms with Crippen molar-refractivity contribution in [2.45, 2.75) is 6.42 Å². The number of benzene rings is 2. The molecule has 0 radical (unpaired) electrons. The molecule has 2 aromatic carbocycles. The van der Waals surface area contributed by atoms with Crippen LogP contribution in [0.4, 0.5) is 35.1 Å². The highest BCUT2D eigenvalue weighted by Crippen LogP contribution is 2.20. The van der Waals surface area contributed by atoms with Crippen LogP contribution in [0.3, 0.4) is 0 Å². The predicted octanol–water partition coefficient (Wildman–Crippen LogP) is 2.42. The summed E-state index contributed by atoms with van der Waals surface area (Å²) in [6.45, 7) is -0.00993. The third kappa shape index (κ3) is 4.16. The zero-order chi connectivity index (χ0) is 24.6. The minimum Gasteiger partial charge on any atom is -0.382 e. The summed E-state index contributed by atoms with van der Waals surface area (Å²) in [6.07, 6.45) is -0.0724. The maximum atomic E-state index is 13.9. The average molecular weight is 470 g/mol. The molecule has 4 aromatic rings. The zero-order valence-electron chi connectivity index (χ0n) is 17.1. The highest BCUT2D eigenvalue weighted by Gasteiger charge is 2.17. The largest absolute Gasteiger partial charge is 0.382 e. The normalized spacial score (nSPS) is 10.9. The number of aromatic nitrogens is 4. The summed E-state index contributed by atoms with van der Waals surface area (Å²) < 4.78 is 56.2. The summed E-state index contributed by atoms with van der Waals surface area (Å²) >= 11 is 0. The maximum Gasteiger partial charge on any atom is 0.266 e. The van der Waals surface area contributed by atoms with Gasteiger partial charge in [-0.2, -0.15) is 15.2 Å². The lowest BCUT2D eigenvalue weighted by molar-refractivity contribution is 0.510. The van der Waals surface area contributed by atoms with E-state index in [4.69, 9.17) is 11.5 Å². The molecule has 0 fully saturated rings. The number of nitrogens with zero attached hydrogens (tertiary/aromatic N) is 5. The van der Waals surface area contributed by atoms with Gasteiger partial charge in [0.05, 0.1) is 16.6 Å². The third-order valence-corrected chi connectivity index (χ3v) is 4.79. The van der Waals surface area contributed by atoms with E-state index >= 15 is 0 Å². The fourth-order valence-corrected chi connectivity index (χ4v) is 3.36. The molecule has 0 aliphatic rings. The van der Waals surface area contributed by atoms with Gasteiger partial charge in [0.2, 0.25) is 5.95 Å². The molecule has 0 unspecified atom stereocenters. The fraction of sp³-hybridized carbons (Fsp3) is 0.0952. The molecule has 0 atom stereocenters. The van der Waals surface area contributed by atoms with Crippen LogP contribution < -0.4 is 22.3 Å². The molecule has 34 heavy (non-hydrogen) atoms. The van der Waals surface area contributed by atoms with Crippen LogP contribution >= 0.6 is 0 Å². The first kappa shape index (κ1) is 22.5. The van der Waals surface area contributed by atoms with Crippen molar-refractivity contribution in [3.63, 3.8) is 0 Å². The van der Waals surface area contributed by atoms with Crippen LogP contribution in [-0.2, 0) is 6.42 Å². The van der Waals surface area contributed by atoms with Crippen molar-refractivity contribution in [3.8, 4) is 11.8 Å². The van der Waals surface area contributed by atoms with E-state index in [-0.39, 0.29) is 58.5 Å². The predicted molar refractivity (Wildman–Crippen MR) is 115 cm³/mol. The van der Waals surface area contributed by atoms with Crippen LogP contribution in [0.25, 0.3) is 16.6 Å². The Hall–Kier alpha value is -4.73. The molecule has 0 saturated heterocycles. The number of fused-ring (bicyclic) bond motifs is 1. The van der Waals surface area contributed by atoms with Crippen LogP contribution in [0.5, 0.6) is 0 Å². The van der Waals surface area contributed by atoms with Gasteiger partial charge in [-0.1, -0.05) is 0 Å². The molecule has 5 N–H and O–H groups in total. The highest BCUT2D eigenvalue weighted by atomic mass is 19.2. The highest BCUT2D eigenvalue weighted by molar-refractivity contribution is 5.78. The second-order valence-corrected chi connectivity index (χ2v) is 7.06. The number of nitrogens with two attached hydrogens (primary N) is 2. The summed E-state index contributed by atoms with van der Waals surface area (Å²) in [6, 6.07) is 5.66. The molecule has 0 aliphatic carbocycles. The zero-order valence-corrected chi connectivity index (χ0v) is 17.1. The molecule has 4 rings (SSSR count). The number of nitriles is 1. The van der Waals surface area contributed by atoms with E-state index in [1.54, 1.807) is 0 Å². The average Bonchev–Trinajstić information content (AvgIpc) is 2.74. The third-order valence-electron chi connectivity index (χ3n) is 4.79. The van der Waals surface area contributed by atoms with Gasteiger partial charge in [0.1, 0.15) is 34.9 Å². The molecule has 0 spiro atoms. The van der Waals surface area contributed by atoms with Crippen LogP contribution in [-0.4, -0.2) is 26.1 Å². The van der Waals surface area contributed by atoms with Gasteiger partial charge in [0.25, 0.3) is 5.56 Å². The minimum atomic E-state index is -1.28. The standard InChI is InChI=1S/C21H14F4N8O/c22-9-3-10(23)5-11(4-9)33-17(30-16-7-15(25)14(24)6-12(16)20(33)34)1-2-29-19-13(8-26)18(27)31-21(28)32-19/h3-7H,1-2H2,(H5,27,28,29,31,32). The molecule has 0 aliphatic heterocycles. The molecular weight excluding hydrogens is 456 g/mol. The Balaban J connectivity index is 1.81. The monoisotopic (exact) mass is 470 g/mol. The van der Waals surface area contributed by atoms with Crippen LogP contribution in [0, 0.1) is 34.6 Å². The number of nitrogen functional groups attached to an aromatic ring is 2. The first-order chi connectivity index (χ1) is 16.2. The Kier molecular flexibility index (Phi) is 5.72. The second kappa shape index (κ2) is 8.66. The van der Waals surface area contributed by atoms with Crippen molar-refractivity contribution < 1.29 is 17.6 Å². The maximum absolute atomic E-state index is 13.9.